The van der Waals surface area contributed by atoms with Crippen molar-refractivity contribution < 1.29 is 23.8 Å². The van der Waals surface area contributed by atoms with Crippen molar-refractivity contribution >= 4 is 11.7 Å². The van der Waals surface area contributed by atoms with Gasteiger partial charge in [-0.1, -0.05) is 39.2 Å². The Morgan fingerprint density at radius 1 is 1.00 bits per heavy atom. The van der Waals surface area contributed by atoms with Crippen LogP contribution in [-0.2, 0) is 4.79 Å². The molecule has 2 heterocycles. The van der Waals surface area contributed by atoms with Crippen molar-refractivity contribution in [1.29, 1.82) is 0 Å². The number of ether oxygens (including phenoxy) is 3. The van der Waals surface area contributed by atoms with E-state index in [0.29, 0.717) is 37.7 Å². The van der Waals surface area contributed by atoms with E-state index in [1.165, 1.54) is 32.1 Å². The molecule has 7 heteroatoms. The Morgan fingerprint density at radius 2 is 1.76 bits per heavy atom. The number of fused-ring (bicyclic) bond motifs is 1. The maximum absolute atomic E-state index is 13.2. The zero-order valence-electron chi connectivity index (χ0n) is 25.2. The number of Topliss-reactive ketones (excluding diaryl/α,β-unsaturated/α-hetero) is 1. The van der Waals surface area contributed by atoms with Gasteiger partial charge in [0.2, 0.25) is 5.91 Å². The van der Waals surface area contributed by atoms with Gasteiger partial charge >= 0.3 is 0 Å². The third-order valence-corrected chi connectivity index (χ3v) is 8.56. The van der Waals surface area contributed by atoms with Gasteiger partial charge in [0, 0.05) is 43.0 Å². The molecule has 1 saturated heterocycles. The molecule has 1 N–H and O–H groups in total. The molecule has 2 aliphatic heterocycles. The molecule has 3 atom stereocenters. The summed E-state index contributed by atoms with van der Waals surface area (Å²) >= 11 is 0. The number of carbonyl (C=O) groups excluding carboxylic acids is 2. The van der Waals surface area contributed by atoms with Crippen LogP contribution in [0.2, 0.25) is 0 Å². The quantitative estimate of drug-likeness (QED) is 0.195. The number of rotatable bonds is 15. The van der Waals surface area contributed by atoms with Crippen LogP contribution in [0, 0.1) is 0 Å². The van der Waals surface area contributed by atoms with Gasteiger partial charge in [-0.2, -0.15) is 0 Å². The van der Waals surface area contributed by atoms with Crippen molar-refractivity contribution in [3.63, 3.8) is 0 Å². The van der Waals surface area contributed by atoms with Crippen molar-refractivity contribution in [3.05, 3.63) is 53.6 Å². The lowest BCUT2D eigenvalue weighted by atomic mass is 9.90. The minimum Gasteiger partial charge on any atom is -0.497 e. The highest BCUT2D eigenvalue weighted by Gasteiger charge is 2.29. The summed E-state index contributed by atoms with van der Waals surface area (Å²) in [6.07, 6.45) is 9.49. The summed E-state index contributed by atoms with van der Waals surface area (Å²) in [6.45, 7) is 7.54. The number of nitrogens with zero attached hydrogens (tertiary/aromatic N) is 1. The fourth-order valence-corrected chi connectivity index (χ4v) is 6.07. The van der Waals surface area contributed by atoms with Crippen molar-refractivity contribution in [2.45, 2.75) is 96.1 Å². The zero-order valence-corrected chi connectivity index (χ0v) is 25.2. The van der Waals surface area contributed by atoms with E-state index < -0.39 is 0 Å². The number of carbonyl (C=O) groups is 2. The molecule has 4 rings (SSSR count). The van der Waals surface area contributed by atoms with Crippen LogP contribution in [-0.4, -0.2) is 62.1 Å². The van der Waals surface area contributed by atoms with Gasteiger partial charge in [0.15, 0.2) is 17.3 Å². The summed E-state index contributed by atoms with van der Waals surface area (Å²) < 4.78 is 16.8. The summed E-state index contributed by atoms with van der Waals surface area (Å²) in [5, 5.41) is 3.41. The first-order valence-corrected chi connectivity index (χ1v) is 15.6. The lowest BCUT2D eigenvalue weighted by Crippen LogP contribution is -2.50. The van der Waals surface area contributed by atoms with Crippen LogP contribution in [0.3, 0.4) is 0 Å². The Morgan fingerprint density at radius 3 is 2.51 bits per heavy atom. The van der Waals surface area contributed by atoms with Gasteiger partial charge < -0.3 is 19.5 Å². The number of hydrogen-bond acceptors (Lipinski definition) is 6. The molecule has 0 saturated carbocycles. The smallest absolute Gasteiger partial charge is 0.220 e. The van der Waals surface area contributed by atoms with Crippen molar-refractivity contribution in [3.8, 4) is 17.2 Å². The topological polar surface area (TPSA) is 77.1 Å². The van der Waals surface area contributed by atoms with E-state index in [9.17, 15) is 9.59 Å². The Balaban J connectivity index is 1.32. The molecule has 2 aliphatic rings. The summed E-state index contributed by atoms with van der Waals surface area (Å²) in [6, 6.07) is 14.0. The van der Waals surface area contributed by atoms with Crippen molar-refractivity contribution in [2.75, 3.05) is 33.4 Å². The first kappa shape index (κ1) is 30.9. The van der Waals surface area contributed by atoms with Crippen LogP contribution in [0.4, 0.5) is 0 Å². The second-order valence-electron chi connectivity index (χ2n) is 11.5. The SMILES string of the molecule is CCCC1CCCCN1C[C@@H](NC(=O)CCCCCC(=O)c1ccc(OC)cc1)C(C)c1ccc2c(c1)OCCO2. The van der Waals surface area contributed by atoms with Gasteiger partial charge in [-0.3, -0.25) is 14.5 Å². The normalized spacial score (nSPS) is 18.4. The zero-order chi connectivity index (χ0) is 29.0. The van der Waals surface area contributed by atoms with E-state index in [2.05, 4.69) is 36.2 Å². The fraction of sp³-hybridized carbons (Fsp3) is 0.588. The standard InChI is InChI=1S/C34H48N2O5/c1-4-10-28-11-8-9-20-36(28)24-30(25(2)27-16-19-32-33(23-27)41-22-21-40-32)35-34(38)13-7-5-6-12-31(37)26-14-17-29(39-3)18-15-26/h14-19,23,25,28,30H,4-13,20-22,24H2,1-3H3,(H,35,38)/t25?,28?,30-/m1/s1. The molecule has 0 aliphatic carbocycles. The monoisotopic (exact) mass is 564 g/mol. The highest BCUT2D eigenvalue weighted by atomic mass is 16.6. The number of nitrogens with one attached hydrogen (secondary N) is 1. The number of likely N-dealkylation sites (tertiary alicyclic amines) is 1. The number of hydrogen-bond donors (Lipinski definition) is 1. The number of amides is 1. The molecule has 224 valence electrons. The van der Waals surface area contributed by atoms with E-state index >= 15 is 0 Å². The van der Waals surface area contributed by atoms with E-state index in [0.717, 1.165) is 55.2 Å². The first-order chi connectivity index (χ1) is 20.0. The predicted molar refractivity (Wildman–Crippen MR) is 162 cm³/mol. The summed E-state index contributed by atoms with van der Waals surface area (Å²) in [5.41, 5.74) is 1.86. The molecule has 0 bridgehead atoms. The molecular weight excluding hydrogens is 516 g/mol. The number of ketones is 1. The highest BCUT2D eigenvalue weighted by molar-refractivity contribution is 5.96. The first-order valence-electron chi connectivity index (χ1n) is 15.6. The average molecular weight is 565 g/mol. The van der Waals surface area contributed by atoms with Gasteiger partial charge in [0.05, 0.1) is 7.11 Å². The number of piperidine rings is 1. The number of methoxy groups -OCH3 is 1. The van der Waals surface area contributed by atoms with Crippen molar-refractivity contribution in [2.24, 2.45) is 0 Å². The van der Waals surface area contributed by atoms with E-state index in [-0.39, 0.29) is 23.7 Å². The summed E-state index contributed by atoms with van der Waals surface area (Å²) in [7, 11) is 1.62. The highest BCUT2D eigenvalue weighted by Crippen LogP contribution is 2.34. The van der Waals surface area contributed by atoms with E-state index in [4.69, 9.17) is 14.2 Å². The van der Waals surface area contributed by atoms with Crippen LogP contribution in [0.5, 0.6) is 17.2 Å². The number of unbranched alkanes of at least 4 members (excludes halogenated alkanes) is 2. The summed E-state index contributed by atoms with van der Waals surface area (Å²) in [4.78, 5) is 28.3. The second-order valence-corrected chi connectivity index (χ2v) is 11.5. The van der Waals surface area contributed by atoms with Crippen LogP contribution in [0.15, 0.2) is 42.5 Å². The fourth-order valence-electron chi connectivity index (χ4n) is 6.07. The lowest BCUT2D eigenvalue weighted by molar-refractivity contribution is -0.122. The van der Waals surface area contributed by atoms with Gasteiger partial charge in [-0.05, 0) is 80.6 Å². The van der Waals surface area contributed by atoms with E-state index in [1.807, 2.05) is 30.3 Å². The summed E-state index contributed by atoms with van der Waals surface area (Å²) in [5.74, 6) is 2.67. The Bertz CT molecular complexity index is 1120. The van der Waals surface area contributed by atoms with Crippen LogP contribution < -0.4 is 19.5 Å². The average Bonchev–Trinajstić information content (AvgIpc) is 3.01. The maximum Gasteiger partial charge on any atom is 0.220 e. The predicted octanol–water partition coefficient (Wildman–Crippen LogP) is 6.54. The second kappa shape index (κ2) is 15.8. The minimum absolute atomic E-state index is 0.000773. The van der Waals surface area contributed by atoms with Gasteiger partial charge in [0.25, 0.3) is 0 Å². The van der Waals surface area contributed by atoms with Crippen LogP contribution in [0.25, 0.3) is 0 Å². The molecular formula is C34H48N2O5. The minimum atomic E-state index is -0.000773. The lowest BCUT2D eigenvalue weighted by Gasteiger charge is -2.39. The molecule has 0 radical (unpaired) electrons. The van der Waals surface area contributed by atoms with Crippen LogP contribution in [0.1, 0.15) is 99.9 Å². The van der Waals surface area contributed by atoms with Crippen molar-refractivity contribution in [1.82, 2.24) is 10.2 Å². The van der Waals surface area contributed by atoms with E-state index in [1.54, 1.807) is 7.11 Å². The molecule has 41 heavy (non-hydrogen) atoms. The molecule has 1 amide bonds. The molecule has 2 aromatic rings. The molecule has 2 aromatic carbocycles. The largest absolute Gasteiger partial charge is 0.497 e. The third-order valence-electron chi connectivity index (χ3n) is 8.56. The van der Waals surface area contributed by atoms with Crippen LogP contribution >= 0.6 is 0 Å². The molecule has 7 nitrogen and oxygen atoms in total. The Kier molecular flexibility index (Phi) is 11.9. The maximum atomic E-state index is 13.2. The molecule has 1 fully saturated rings. The Hall–Kier alpha value is -3.06. The third kappa shape index (κ3) is 8.96. The van der Waals surface area contributed by atoms with Gasteiger partial charge in [0.1, 0.15) is 19.0 Å². The number of benzene rings is 2. The molecule has 0 aromatic heterocycles. The van der Waals surface area contributed by atoms with Gasteiger partial charge in [-0.15, -0.1) is 0 Å². The Labute approximate surface area is 245 Å². The molecule has 0 spiro atoms. The molecule has 2 unspecified atom stereocenters. The van der Waals surface area contributed by atoms with Gasteiger partial charge in [-0.25, -0.2) is 0 Å².